The fraction of sp³-hybridized carbons (Fsp3) is 0.120. The molecule has 0 N–H and O–H groups in total. The van der Waals surface area contributed by atoms with Crippen LogP contribution in [0.4, 0.5) is 10.1 Å². The molecule has 31 heavy (non-hydrogen) atoms. The smallest absolute Gasteiger partial charge is 0.272 e. The Balaban J connectivity index is 1.78. The van der Waals surface area contributed by atoms with Gasteiger partial charge in [0.2, 0.25) is 0 Å². The molecule has 0 saturated heterocycles. The Morgan fingerprint density at radius 1 is 0.871 bits per heavy atom. The molecule has 3 aromatic carbocycles. The first-order valence-corrected chi connectivity index (χ1v) is 10.6. The molecule has 0 atom stereocenters. The van der Waals surface area contributed by atoms with Crippen LogP contribution in [-0.2, 0) is 9.59 Å². The van der Waals surface area contributed by atoms with Gasteiger partial charge in [0.1, 0.15) is 11.6 Å². The van der Waals surface area contributed by atoms with Crippen molar-refractivity contribution in [2.24, 2.45) is 0 Å². The van der Waals surface area contributed by atoms with Gasteiger partial charge in [0.25, 0.3) is 11.8 Å². The summed E-state index contributed by atoms with van der Waals surface area (Å²) in [6.45, 7) is 3.86. The predicted octanol–water partition coefficient (Wildman–Crippen LogP) is 5.69. The van der Waals surface area contributed by atoms with E-state index in [2.05, 4.69) is 0 Å². The largest absolute Gasteiger partial charge is 0.491 e. The number of thioether (sulfide) groups is 1. The standard InChI is InChI=1S/C25H20FNO3S/c1-16(2)30-20-13-11-17(12-14-20)22-23(31-21-9-4-3-5-10-21)25(29)27(24(22)28)19-8-6-7-18(26)15-19/h3-16H,1-2H3. The SMILES string of the molecule is CC(C)Oc1ccc(C2=C(Sc3ccccc3)C(=O)N(c3cccc(F)c3)C2=O)cc1. The number of carbonyl (C=O) groups excluding carboxylic acids is 2. The molecule has 156 valence electrons. The normalized spacial score (nSPS) is 14.0. The van der Waals surface area contributed by atoms with Crippen molar-refractivity contribution in [2.45, 2.75) is 24.8 Å². The second-order valence-electron chi connectivity index (χ2n) is 7.24. The highest BCUT2D eigenvalue weighted by Crippen LogP contribution is 2.41. The van der Waals surface area contributed by atoms with Crippen LogP contribution >= 0.6 is 11.8 Å². The highest BCUT2D eigenvalue weighted by Gasteiger charge is 2.40. The minimum absolute atomic E-state index is 0.0208. The molecule has 2 amide bonds. The summed E-state index contributed by atoms with van der Waals surface area (Å²) in [5, 5.41) is 0. The molecule has 0 spiro atoms. The van der Waals surface area contributed by atoms with Crippen molar-refractivity contribution >= 4 is 34.8 Å². The molecule has 4 nitrogen and oxygen atoms in total. The maximum atomic E-state index is 13.8. The van der Waals surface area contributed by atoms with Gasteiger partial charge in [-0.2, -0.15) is 0 Å². The molecule has 0 radical (unpaired) electrons. The van der Waals surface area contributed by atoms with Gasteiger partial charge in [0.15, 0.2) is 0 Å². The Hall–Kier alpha value is -3.38. The van der Waals surface area contributed by atoms with Crippen LogP contribution in [0.5, 0.6) is 5.75 Å². The highest BCUT2D eigenvalue weighted by molar-refractivity contribution is 8.04. The molecule has 1 aliphatic rings. The average molecular weight is 434 g/mol. The van der Waals surface area contributed by atoms with Crippen LogP contribution in [0.3, 0.4) is 0 Å². The van der Waals surface area contributed by atoms with Crippen LogP contribution in [0.25, 0.3) is 5.57 Å². The number of rotatable bonds is 6. The van der Waals surface area contributed by atoms with Gasteiger partial charge in [-0.3, -0.25) is 9.59 Å². The number of anilines is 1. The van der Waals surface area contributed by atoms with E-state index in [4.69, 9.17) is 4.74 Å². The van der Waals surface area contributed by atoms with E-state index < -0.39 is 17.6 Å². The lowest BCUT2D eigenvalue weighted by Gasteiger charge is -2.15. The maximum Gasteiger partial charge on any atom is 0.272 e. The number of hydrogen-bond acceptors (Lipinski definition) is 4. The predicted molar refractivity (Wildman–Crippen MR) is 120 cm³/mol. The third-order valence-corrected chi connectivity index (χ3v) is 5.68. The van der Waals surface area contributed by atoms with Gasteiger partial charge in [-0.15, -0.1) is 0 Å². The molecule has 0 fully saturated rings. The molecule has 3 aromatic rings. The Bertz CT molecular complexity index is 1160. The molecule has 0 unspecified atom stereocenters. The minimum Gasteiger partial charge on any atom is -0.491 e. The number of imide groups is 1. The van der Waals surface area contributed by atoms with Crippen molar-refractivity contribution in [3.8, 4) is 5.75 Å². The minimum atomic E-state index is -0.515. The van der Waals surface area contributed by atoms with Crippen molar-refractivity contribution in [1.29, 1.82) is 0 Å². The summed E-state index contributed by atoms with van der Waals surface area (Å²) in [5.41, 5.74) is 1.10. The monoisotopic (exact) mass is 433 g/mol. The molecule has 4 rings (SSSR count). The van der Waals surface area contributed by atoms with E-state index in [1.165, 1.54) is 30.0 Å². The van der Waals surface area contributed by atoms with Crippen molar-refractivity contribution in [2.75, 3.05) is 4.90 Å². The second-order valence-corrected chi connectivity index (χ2v) is 8.32. The summed E-state index contributed by atoms with van der Waals surface area (Å²) < 4.78 is 19.5. The van der Waals surface area contributed by atoms with Crippen molar-refractivity contribution in [3.05, 3.63) is 95.1 Å². The summed E-state index contributed by atoms with van der Waals surface area (Å²) >= 11 is 1.23. The summed E-state index contributed by atoms with van der Waals surface area (Å²) in [7, 11) is 0. The molecule has 0 bridgehead atoms. The second kappa shape index (κ2) is 8.78. The molecular formula is C25H20FNO3S. The Morgan fingerprint density at radius 2 is 1.58 bits per heavy atom. The number of carbonyl (C=O) groups is 2. The molecular weight excluding hydrogens is 413 g/mol. The number of nitrogens with zero attached hydrogens (tertiary/aromatic N) is 1. The number of benzene rings is 3. The van der Waals surface area contributed by atoms with Crippen molar-refractivity contribution < 1.29 is 18.7 Å². The zero-order valence-corrected chi connectivity index (χ0v) is 17.9. The molecule has 6 heteroatoms. The van der Waals surface area contributed by atoms with E-state index in [9.17, 15) is 14.0 Å². The Labute approximate surface area is 184 Å². The maximum absolute atomic E-state index is 13.8. The quantitative estimate of drug-likeness (QED) is 0.469. The van der Waals surface area contributed by atoms with E-state index in [0.717, 1.165) is 9.80 Å². The van der Waals surface area contributed by atoms with E-state index in [1.54, 1.807) is 30.3 Å². The van der Waals surface area contributed by atoms with E-state index >= 15 is 0 Å². The number of halogens is 1. The summed E-state index contributed by atoms with van der Waals surface area (Å²) in [6.07, 6.45) is 0.0208. The molecule has 0 aromatic heterocycles. The highest BCUT2D eigenvalue weighted by atomic mass is 32.2. The third kappa shape index (κ3) is 4.39. The van der Waals surface area contributed by atoms with Gasteiger partial charge in [-0.05, 0) is 61.9 Å². The van der Waals surface area contributed by atoms with Gasteiger partial charge < -0.3 is 4.74 Å². The molecule has 0 saturated carbocycles. The van der Waals surface area contributed by atoms with Crippen LogP contribution in [0, 0.1) is 5.82 Å². The van der Waals surface area contributed by atoms with E-state index in [0.29, 0.717) is 21.8 Å². The zero-order chi connectivity index (χ0) is 22.0. The average Bonchev–Trinajstić information content (AvgIpc) is 2.98. The first-order chi connectivity index (χ1) is 14.9. The third-order valence-electron chi connectivity index (χ3n) is 4.59. The Kier molecular flexibility index (Phi) is 5.91. The van der Waals surface area contributed by atoms with Gasteiger partial charge in [0.05, 0.1) is 22.3 Å². The van der Waals surface area contributed by atoms with Gasteiger partial charge in [0, 0.05) is 4.90 Å². The number of ether oxygens (including phenoxy) is 1. The van der Waals surface area contributed by atoms with Crippen LogP contribution in [0.2, 0.25) is 0 Å². The van der Waals surface area contributed by atoms with Gasteiger partial charge >= 0.3 is 0 Å². The molecule has 1 heterocycles. The van der Waals surface area contributed by atoms with Gasteiger partial charge in [-0.1, -0.05) is 48.2 Å². The van der Waals surface area contributed by atoms with E-state index in [1.807, 2.05) is 44.2 Å². The van der Waals surface area contributed by atoms with Gasteiger partial charge in [-0.25, -0.2) is 9.29 Å². The summed E-state index contributed by atoms with van der Waals surface area (Å²) in [5.74, 6) is -0.789. The Morgan fingerprint density at radius 3 is 2.23 bits per heavy atom. The first kappa shape index (κ1) is 20.9. The summed E-state index contributed by atoms with van der Waals surface area (Å²) in [4.78, 5) is 28.8. The van der Waals surface area contributed by atoms with E-state index in [-0.39, 0.29) is 11.8 Å². The molecule has 1 aliphatic heterocycles. The van der Waals surface area contributed by atoms with Crippen molar-refractivity contribution in [3.63, 3.8) is 0 Å². The lowest BCUT2D eigenvalue weighted by Crippen LogP contribution is -2.31. The summed E-state index contributed by atoms with van der Waals surface area (Å²) in [6, 6.07) is 21.9. The number of amides is 2. The van der Waals surface area contributed by atoms with Crippen LogP contribution < -0.4 is 9.64 Å². The van der Waals surface area contributed by atoms with Crippen LogP contribution in [-0.4, -0.2) is 17.9 Å². The topological polar surface area (TPSA) is 46.6 Å². The number of hydrogen-bond donors (Lipinski definition) is 0. The fourth-order valence-corrected chi connectivity index (χ4v) is 4.30. The zero-order valence-electron chi connectivity index (χ0n) is 17.0. The van der Waals surface area contributed by atoms with Crippen molar-refractivity contribution in [1.82, 2.24) is 0 Å². The lowest BCUT2D eigenvalue weighted by atomic mass is 10.1. The first-order valence-electron chi connectivity index (χ1n) is 9.82. The molecule has 0 aliphatic carbocycles. The lowest BCUT2D eigenvalue weighted by molar-refractivity contribution is -0.119. The van der Waals surface area contributed by atoms with Crippen LogP contribution in [0.1, 0.15) is 19.4 Å². The fourth-order valence-electron chi connectivity index (χ4n) is 3.29. The van der Waals surface area contributed by atoms with Crippen LogP contribution in [0.15, 0.2) is 88.7 Å².